The van der Waals surface area contributed by atoms with Gasteiger partial charge in [0.15, 0.2) is 20.2 Å². The summed E-state index contributed by atoms with van der Waals surface area (Å²) in [6, 6.07) is 0. The third-order valence-corrected chi connectivity index (χ3v) is 2.27. The van der Waals surface area contributed by atoms with Crippen molar-refractivity contribution in [3.63, 3.8) is 0 Å². The molecule has 137 valence electrons. The van der Waals surface area contributed by atoms with Crippen LogP contribution in [0, 0.1) is 0 Å². The predicted molar refractivity (Wildman–Crippen MR) is 52.9 cm³/mol. The Balaban J connectivity index is -0.000000246. The van der Waals surface area contributed by atoms with Crippen molar-refractivity contribution >= 4 is 26.6 Å². The zero-order valence-corrected chi connectivity index (χ0v) is 12.3. The Morgan fingerprint density at radius 1 is 0.909 bits per heavy atom. The van der Waals surface area contributed by atoms with Gasteiger partial charge < -0.3 is 14.4 Å². The Bertz CT molecular complexity index is 493. The summed E-state index contributed by atoms with van der Waals surface area (Å²) in [5.41, 5.74) is -11.3. The molecule has 0 amide bonds. The molecule has 1 aliphatic rings. The van der Waals surface area contributed by atoms with Gasteiger partial charge in [0.05, 0.1) is 12.9 Å². The molecule has 0 bridgehead atoms. The van der Waals surface area contributed by atoms with Crippen LogP contribution in [0.5, 0.6) is 0 Å². The number of hydrogen-bond donors (Lipinski definition) is 1. The summed E-state index contributed by atoms with van der Waals surface area (Å²) >= 11 is 0. The van der Waals surface area contributed by atoms with Gasteiger partial charge in [0, 0.05) is 6.54 Å². The van der Waals surface area contributed by atoms with Crippen molar-refractivity contribution in [3.05, 3.63) is 0 Å². The molecule has 0 aromatic rings. The quantitative estimate of drug-likeness (QED) is 0.241. The minimum Gasteiger partial charge on any atom is -0.741 e. The van der Waals surface area contributed by atoms with E-state index in [1.807, 2.05) is 0 Å². The van der Waals surface area contributed by atoms with Gasteiger partial charge in [0.25, 0.3) is 0 Å². The number of rotatable bonds is 0. The number of nitrogens with one attached hydrogen (secondary N) is 1. The van der Waals surface area contributed by atoms with E-state index in [0.29, 0.717) is 0 Å². The van der Waals surface area contributed by atoms with Gasteiger partial charge >= 0.3 is 28.1 Å². The minimum absolute atomic E-state index is 0. The molecule has 1 heterocycles. The van der Waals surface area contributed by atoms with Crippen molar-refractivity contribution in [1.82, 2.24) is 5.32 Å². The Labute approximate surface area is 130 Å². The smallest absolute Gasteiger partial charge is 0.741 e. The SMILES string of the molecule is C1=NCCN1.O=S(=O)([O-])C(F)(F)F.O=S(=O)([O-])C(F)(F)F.[Cu+2]. The fourth-order valence-electron chi connectivity index (χ4n) is 0.323. The van der Waals surface area contributed by atoms with E-state index in [1.54, 1.807) is 6.34 Å². The Kier molecular flexibility index (Phi) is 11.4. The second-order valence-corrected chi connectivity index (χ2v) is 5.53. The fraction of sp³-hybridized carbons (Fsp3) is 0.800. The molecule has 22 heavy (non-hydrogen) atoms. The maximum atomic E-state index is 10.7. The van der Waals surface area contributed by atoms with Gasteiger partial charge in [-0.05, 0) is 0 Å². The van der Waals surface area contributed by atoms with E-state index < -0.39 is 31.3 Å². The van der Waals surface area contributed by atoms with Crippen LogP contribution in [0.1, 0.15) is 0 Å². The molecule has 0 spiro atoms. The molecular weight excluding hydrogens is 426 g/mol. The summed E-state index contributed by atoms with van der Waals surface area (Å²) in [5.74, 6) is 0. The summed E-state index contributed by atoms with van der Waals surface area (Å²) in [4.78, 5) is 3.85. The van der Waals surface area contributed by atoms with Crippen LogP contribution < -0.4 is 5.32 Å². The first-order chi connectivity index (χ1) is 9.00. The van der Waals surface area contributed by atoms with Gasteiger partial charge in [-0.1, -0.05) is 0 Å². The van der Waals surface area contributed by atoms with Crippen molar-refractivity contribution in [3.8, 4) is 0 Å². The third-order valence-electron chi connectivity index (χ3n) is 1.13. The average Bonchev–Trinajstić information content (AvgIpc) is 2.68. The van der Waals surface area contributed by atoms with Gasteiger partial charge in [-0.3, -0.25) is 4.99 Å². The van der Waals surface area contributed by atoms with E-state index in [0.717, 1.165) is 13.1 Å². The van der Waals surface area contributed by atoms with E-state index in [-0.39, 0.29) is 17.1 Å². The Hall–Kier alpha value is -0.611. The molecule has 1 rings (SSSR count). The maximum absolute atomic E-state index is 10.7. The first kappa shape index (κ1) is 26.3. The Morgan fingerprint density at radius 3 is 1.23 bits per heavy atom. The van der Waals surface area contributed by atoms with Crippen molar-refractivity contribution in [2.24, 2.45) is 4.99 Å². The molecule has 0 saturated carbocycles. The molecule has 1 aliphatic heterocycles. The van der Waals surface area contributed by atoms with Crippen LogP contribution in [0.2, 0.25) is 0 Å². The van der Waals surface area contributed by atoms with Gasteiger partial charge in [-0.15, -0.1) is 0 Å². The van der Waals surface area contributed by atoms with Crippen LogP contribution in [0.3, 0.4) is 0 Å². The van der Waals surface area contributed by atoms with Crippen molar-refractivity contribution in [2.45, 2.75) is 11.0 Å². The molecule has 1 radical (unpaired) electrons. The molecule has 1 N–H and O–H groups in total. The van der Waals surface area contributed by atoms with Crippen molar-refractivity contribution in [1.29, 1.82) is 0 Å². The third kappa shape index (κ3) is 13.1. The van der Waals surface area contributed by atoms with E-state index in [1.165, 1.54) is 0 Å². The standard InChI is InChI=1S/C3H6N2.2CHF3O3S.Cu/c1-2-5-3-4-1;2*2-1(3,4)8(5,6)7;/h3H,1-2H2,(H,4,5);2*(H,5,6,7);/q;;;+2/p-2. The molecule has 17 heteroatoms. The molecule has 0 aromatic heterocycles. The maximum Gasteiger partial charge on any atom is 2.00 e. The van der Waals surface area contributed by atoms with Gasteiger partial charge in [0.2, 0.25) is 0 Å². The second-order valence-electron chi connectivity index (χ2n) is 2.79. The molecule has 0 aromatic carbocycles. The summed E-state index contributed by atoms with van der Waals surface area (Å²) in [6.45, 7) is 1.99. The molecule has 8 nitrogen and oxygen atoms in total. The zero-order chi connectivity index (χ0) is 17.5. The molecule has 0 aliphatic carbocycles. The first-order valence-electron chi connectivity index (χ1n) is 4.26. The Morgan fingerprint density at radius 2 is 1.18 bits per heavy atom. The van der Waals surface area contributed by atoms with Gasteiger partial charge in [0.1, 0.15) is 0 Å². The molecule has 0 unspecified atom stereocenters. The number of halogens is 6. The minimum atomic E-state index is -6.09. The topological polar surface area (TPSA) is 139 Å². The fourth-order valence-corrected chi connectivity index (χ4v) is 0.323. The monoisotopic (exact) mass is 431 g/mol. The summed E-state index contributed by atoms with van der Waals surface area (Å²) in [7, 11) is -12.2. The molecular formula is C5H6CuF6N2O6S2. The molecule has 0 saturated heterocycles. The summed E-state index contributed by atoms with van der Waals surface area (Å²) < 4.78 is 118. The van der Waals surface area contributed by atoms with Crippen LogP contribution in [-0.2, 0) is 37.3 Å². The van der Waals surface area contributed by atoms with Gasteiger partial charge in [-0.2, -0.15) is 26.3 Å². The predicted octanol–water partition coefficient (Wildman–Crippen LogP) is -0.282. The second kappa shape index (κ2) is 9.51. The summed E-state index contributed by atoms with van der Waals surface area (Å²) in [6.07, 6.45) is 1.74. The van der Waals surface area contributed by atoms with Gasteiger partial charge in [-0.25, -0.2) is 16.8 Å². The normalized spacial score (nSPS) is 14.5. The van der Waals surface area contributed by atoms with Crippen LogP contribution >= 0.6 is 0 Å². The van der Waals surface area contributed by atoms with E-state index >= 15 is 0 Å². The van der Waals surface area contributed by atoms with Crippen LogP contribution in [0.25, 0.3) is 0 Å². The average molecular weight is 432 g/mol. The largest absolute Gasteiger partial charge is 2.00 e. The number of hydrogen-bond acceptors (Lipinski definition) is 8. The van der Waals surface area contributed by atoms with E-state index in [9.17, 15) is 26.3 Å². The van der Waals surface area contributed by atoms with E-state index in [2.05, 4.69) is 10.3 Å². The molecule has 0 fully saturated rings. The van der Waals surface area contributed by atoms with Crippen LogP contribution in [0.15, 0.2) is 4.99 Å². The van der Waals surface area contributed by atoms with Crippen molar-refractivity contribution in [2.75, 3.05) is 13.1 Å². The van der Waals surface area contributed by atoms with Crippen molar-refractivity contribution < 1.29 is 69.4 Å². The summed E-state index contributed by atoms with van der Waals surface area (Å²) in [5, 5.41) is 2.93. The molecule has 0 atom stereocenters. The number of aliphatic imine (C=N–C) groups is 1. The number of alkyl halides is 6. The van der Waals surface area contributed by atoms with E-state index in [4.69, 9.17) is 25.9 Å². The van der Waals surface area contributed by atoms with Crippen LogP contribution in [0.4, 0.5) is 26.3 Å². The zero-order valence-electron chi connectivity index (χ0n) is 9.77. The van der Waals surface area contributed by atoms with Crippen LogP contribution in [-0.4, -0.2) is 56.4 Å². The number of nitrogens with zero attached hydrogens (tertiary/aromatic N) is 1. The first-order valence-corrected chi connectivity index (χ1v) is 7.08.